The summed E-state index contributed by atoms with van der Waals surface area (Å²) in [7, 11) is -2.68. The van der Waals surface area contributed by atoms with Crippen LogP contribution in [0.25, 0.3) is 0 Å². The Morgan fingerprint density at radius 3 is 1.98 bits per heavy atom. The Balaban J connectivity index is 1.50. The normalized spacial score (nSPS) is 15.4. The van der Waals surface area contributed by atoms with E-state index in [1.165, 1.54) is 23.5 Å². The molecule has 3 atom stereocenters. The van der Waals surface area contributed by atoms with E-state index in [1.54, 1.807) is 19.1 Å². The van der Waals surface area contributed by atoms with E-state index in [0.29, 0.717) is 31.5 Å². The number of aliphatic hydroxyl groups is 1. The number of hydrogen-bond acceptors (Lipinski definition) is 8. The van der Waals surface area contributed by atoms with Crippen molar-refractivity contribution >= 4 is 27.7 Å². The van der Waals surface area contributed by atoms with Crippen LogP contribution < -0.4 is 11.5 Å². The van der Waals surface area contributed by atoms with Crippen molar-refractivity contribution in [1.82, 2.24) is 9.21 Å². The van der Waals surface area contributed by atoms with E-state index in [1.807, 2.05) is 60.7 Å². The van der Waals surface area contributed by atoms with E-state index in [4.69, 9.17) is 16.2 Å². The highest BCUT2D eigenvalue weighted by Gasteiger charge is 2.38. The summed E-state index contributed by atoms with van der Waals surface area (Å²) in [6.07, 6.45) is 2.17. The van der Waals surface area contributed by atoms with Crippen molar-refractivity contribution in [2.75, 3.05) is 26.0 Å². The number of nitrogens with two attached hydrogens (primary N) is 2. The van der Waals surface area contributed by atoms with Gasteiger partial charge in [0, 0.05) is 30.2 Å². The Hall–Kier alpha value is -3.77. The fourth-order valence-electron chi connectivity index (χ4n) is 5.69. The van der Waals surface area contributed by atoms with Gasteiger partial charge in [0.1, 0.15) is 0 Å². The molecule has 242 valence electrons. The fraction of sp³-hybridized carbons (Fsp3) is 0.412. The summed E-state index contributed by atoms with van der Waals surface area (Å²) in [4.78, 5) is 28.1. The average molecular weight is 637 g/mol. The number of benzene rings is 3. The number of carbonyl (C=O) groups excluding carboxylic acids is 2. The second-order valence-corrected chi connectivity index (χ2v) is 13.6. The molecule has 3 aromatic rings. The molecule has 5 N–H and O–H groups in total. The van der Waals surface area contributed by atoms with Crippen molar-refractivity contribution < 1.29 is 27.9 Å². The molecule has 0 radical (unpaired) electrons. The number of anilines is 1. The Bertz CT molecular complexity index is 1460. The highest BCUT2D eigenvalue weighted by molar-refractivity contribution is 7.89. The summed E-state index contributed by atoms with van der Waals surface area (Å²) >= 11 is 0. The van der Waals surface area contributed by atoms with E-state index in [-0.39, 0.29) is 17.4 Å². The summed E-state index contributed by atoms with van der Waals surface area (Å²) in [6, 6.07) is 22.5. The molecule has 0 saturated heterocycles. The standard InChI is InChI=1S/C34H44N4O6S/c1-24(10-9-15-29(23-39)37(22-25-16-17-25)45(42,43)30-20-18-28(35)19-21-30)38(34(41)44-2)33(40)32(36)31(26-11-5-3-6-12-26)27-13-7-4-8-14-27/h3-8,11-14,18-21,24-25,29,31-32,39H,9-10,15-17,22-23,35-36H2,1-2H3/t24-,29-,32-/m0/s1. The van der Waals surface area contributed by atoms with Gasteiger partial charge in [-0.05, 0) is 80.3 Å². The van der Waals surface area contributed by atoms with Gasteiger partial charge in [0.2, 0.25) is 15.9 Å². The second-order valence-electron chi connectivity index (χ2n) is 11.7. The van der Waals surface area contributed by atoms with Gasteiger partial charge in [-0.1, -0.05) is 60.7 Å². The molecule has 1 aliphatic carbocycles. The minimum atomic E-state index is -3.89. The number of rotatable bonds is 15. The zero-order valence-electron chi connectivity index (χ0n) is 25.9. The van der Waals surface area contributed by atoms with Crippen LogP contribution >= 0.6 is 0 Å². The van der Waals surface area contributed by atoms with Gasteiger partial charge in [-0.2, -0.15) is 4.31 Å². The summed E-state index contributed by atoms with van der Waals surface area (Å²) in [5.74, 6) is -0.836. The first-order chi connectivity index (χ1) is 21.6. The monoisotopic (exact) mass is 636 g/mol. The van der Waals surface area contributed by atoms with Crippen LogP contribution in [-0.4, -0.2) is 73.1 Å². The van der Waals surface area contributed by atoms with Crippen molar-refractivity contribution in [3.63, 3.8) is 0 Å². The molecule has 0 unspecified atom stereocenters. The van der Waals surface area contributed by atoms with Crippen LogP contribution in [0.15, 0.2) is 89.8 Å². The molecule has 0 bridgehead atoms. The summed E-state index contributed by atoms with van der Waals surface area (Å²) < 4.78 is 33.7. The molecule has 1 saturated carbocycles. The Labute approximate surface area is 266 Å². The molecule has 2 amide bonds. The molecule has 0 heterocycles. The first kappa shape index (κ1) is 34.1. The first-order valence-electron chi connectivity index (χ1n) is 15.3. The number of hydrogen-bond donors (Lipinski definition) is 3. The minimum absolute atomic E-state index is 0.118. The van der Waals surface area contributed by atoms with Crippen LogP contribution in [-0.2, 0) is 19.6 Å². The molecule has 0 aliphatic heterocycles. The molecule has 10 nitrogen and oxygen atoms in total. The van der Waals surface area contributed by atoms with E-state index < -0.39 is 46.1 Å². The van der Waals surface area contributed by atoms with Crippen molar-refractivity contribution in [2.24, 2.45) is 11.7 Å². The van der Waals surface area contributed by atoms with Crippen molar-refractivity contribution in [3.05, 3.63) is 96.1 Å². The fourth-order valence-corrected chi connectivity index (χ4v) is 7.42. The van der Waals surface area contributed by atoms with Gasteiger partial charge >= 0.3 is 6.09 Å². The van der Waals surface area contributed by atoms with E-state index in [0.717, 1.165) is 28.9 Å². The maximum Gasteiger partial charge on any atom is 0.416 e. The molecular weight excluding hydrogens is 592 g/mol. The van der Waals surface area contributed by atoms with E-state index in [9.17, 15) is 23.1 Å². The zero-order chi connectivity index (χ0) is 32.6. The molecule has 0 spiro atoms. The number of aliphatic hydroxyl groups excluding tert-OH is 1. The molecule has 0 aromatic heterocycles. The maximum absolute atomic E-state index is 13.9. The zero-order valence-corrected chi connectivity index (χ0v) is 26.7. The number of sulfonamides is 1. The van der Waals surface area contributed by atoms with Crippen LogP contribution in [0, 0.1) is 5.92 Å². The topological polar surface area (TPSA) is 156 Å². The molecular formula is C34H44N4O6S. The molecule has 4 rings (SSSR count). The summed E-state index contributed by atoms with van der Waals surface area (Å²) in [5.41, 5.74) is 14.6. The number of amides is 2. The highest BCUT2D eigenvalue weighted by atomic mass is 32.2. The van der Waals surface area contributed by atoms with E-state index in [2.05, 4.69) is 0 Å². The lowest BCUT2D eigenvalue weighted by atomic mass is 9.84. The van der Waals surface area contributed by atoms with Crippen LogP contribution in [0.3, 0.4) is 0 Å². The average Bonchev–Trinajstić information content (AvgIpc) is 3.88. The number of carbonyl (C=O) groups is 2. The largest absolute Gasteiger partial charge is 0.452 e. The van der Waals surface area contributed by atoms with Crippen molar-refractivity contribution in [3.8, 4) is 0 Å². The van der Waals surface area contributed by atoms with Crippen LogP contribution in [0.1, 0.15) is 56.1 Å². The Morgan fingerprint density at radius 2 is 1.49 bits per heavy atom. The third-order valence-electron chi connectivity index (χ3n) is 8.41. The lowest BCUT2D eigenvalue weighted by Gasteiger charge is -2.33. The molecule has 1 fully saturated rings. The summed E-state index contributed by atoms with van der Waals surface area (Å²) in [6.45, 7) is 1.69. The molecule has 3 aromatic carbocycles. The SMILES string of the molecule is COC(=O)N(C(=O)[C@@H](N)C(c1ccccc1)c1ccccc1)[C@@H](C)CCC[C@@H](CO)N(CC1CC1)S(=O)(=O)c1ccc(N)cc1. The molecule has 11 heteroatoms. The van der Waals surface area contributed by atoms with Gasteiger partial charge in [0.05, 0.1) is 24.7 Å². The predicted octanol–water partition coefficient (Wildman–Crippen LogP) is 4.34. The van der Waals surface area contributed by atoms with Gasteiger partial charge < -0.3 is 21.3 Å². The number of methoxy groups -OCH3 is 1. The Kier molecular flexibility index (Phi) is 11.7. The van der Waals surface area contributed by atoms with Gasteiger partial charge in [-0.15, -0.1) is 0 Å². The van der Waals surface area contributed by atoms with Crippen LogP contribution in [0.5, 0.6) is 0 Å². The first-order valence-corrected chi connectivity index (χ1v) is 16.8. The van der Waals surface area contributed by atoms with Gasteiger partial charge in [-0.25, -0.2) is 18.1 Å². The van der Waals surface area contributed by atoms with Crippen LogP contribution in [0.2, 0.25) is 0 Å². The highest BCUT2D eigenvalue weighted by Crippen LogP contribution is 2.34. The predicted molar refractivity (Wildman–Crippen MR) is 174 cm³/mol. The van der Waals surface area contributed by atoms with Gasteiger partial charge in [0.25, 0.3) is 0 Å². The minimum Gasteiger partial charge on any atom is -0.452 e. The Morgan fingerprint density at radius 1 is 0.933 bits per heavy atom. The lowest BCUT2D eigenvalue weighted by Crippen LogP contribution is -2.53. The maximum atomic E-state index is 13.9. The van der Waals surface area contributed by atoms with Crippen LogP contribution in [0.4, 0.5) is 10.5 Å². The number of ether oxygens (including phenoxy) is 1. The lowest BCUT2D eigenvalue weighted by molar-refractivity contribution is -0.132. The third-order valence-corrected chi connectivity index (χ3v) is 10.3. The third kappa shape index (κ3) is 8.49. The summed E-state index contributed by atoms with van der Waals surface area (Å²) in [5, 5.41) is 10.3. The second kappa shape index (κ2) is 15.5. The number of imide groups is 1. The van der Waals surface area contributed by atoms with Crippen molar-refractivity contribution in [2.45, 2.75) is 68.0 Å². The molecule has 1 aliphatic rings. The smallest absolute Gasteiger partial charge is 0.416 e. The quantitative estimate of drug-likeness (QED) is 0.208. The van der Waals surface area contributed by atoms with Crippen molar-refractivity contribution in [1.29, 1.82) is 0 Å². The molecule has 45 heavy (non-hydrogen) atoms. The van der Waals surface area contributed by atoms with E-state index >= 15 is 0 Å². The number of nitrogens with zero attached hydrogens (tertiary/aromatic N) is 2. The number of nitrogen functional groups attached to an aromatic ring is 1. The van der Waals surface area contributed by atoms with Gasteiger partial charge in [0.15, 0.2) is 0 Å². The van der Waals surface area contributed by atoms with Gasteiger partial charge in [-0.3, -0.25) is 4.79 Å².